The van der Waals surface area contributed by atoms with Crippen molar-refractivity contribution in [3.63, 3.8) is 0 Å². The molecule has 22 heavy (non-hydrogen) atoms. The number of hydrogen-bond donors (Lipinski definition) is 2. The van der Waals surface area contributed by atoms with Gasteiger partial charge in [0.15, 0.2) is 11.6 Å². The first-order chi connectivity index (χ1) is 10.6. The van der Waals surface area contributed by atoms with Crippen molar-refractivity contribution in [1.29, 1.82) is 0 Å². The molecule has 0 unspecified atom stereocenters. The molecule has 2 aromatic heterocycles. The van der Waals surface area contributed by atoms with Gasteiger partial charge in [0.25, 0.3) is 5.56 Å². The Morgan fingerprint density at radius 1 is 1.32 bits per heavy atom. The van der Waals surface area contributed by atoms with Gasteiger partial charge < -0.3 is 15.2 Å². The fourth-order valence-corrected chi connectivity index (χ4v) is 2.62. The average Bonchev–Trinajstić information content (AvgIpc) is 2.70. The van der Waals surface area contributed by atoms with Crippen molar-refractivity contribution in [3.05, 3.63) is 39.4 Å². The molecule has 7 nitrogen and oxygen atoms in total. The molecule has 8 heteroatoms. The molecule has 3 rings (SSSR count). The molecule has 116 valence electrons. The second-order valence-corrected chi connectivity index (χ2v) is 5.18. The number of halogens is 1. The Labute approximate surface area is 126 Å². The largest absolute Gasteiger partial charge is 0.371 e. The van der Waals surface area contributed by atoms with Crippen molar-refractivity contribution in [1.82, 2.24) is 19.9 Å². The van der Waals surface area contributed by atoms with Crippen LogP contribution in [0.2, 0.25) is 0 Å². The number of aryl methyl sites for hydroxylation is 1. The first kappa shape index (κ1) is 14.4. The van der Waals surface area contributed by atoms with Crippen LogP contribution in [0.4, 0.5) is 16.2 Å². The molecule has 0 aliphatic carbocycles. The Hall–Kier alpha value is -2.51. The van der Waals surface area contributed by atoms with Gasteiger partial charge in [-0.1, -0.05) is 0 Å². The molecule has 0 bridgehead atoms. The summed E-state index contributed by atoms with van der Waals surface area (Å²) in [6.45, 7) is 3.00. The number of H-pyrrole nitrogens is 1. The van der Waals surface area contributed by atoms with Crippen molar-refractivity contribution in [2.45, 2.75) is 19.8 Å². The zero-order valence-electron chi connectivity index (χ0n) is 12.5. The summed E-state index contributed by atoms with van der Waals surface area (Å²) in [4.78, 5) is 29.3. The van der Waals surface area contributed by atoms with Crippen LogP contribution in [0, 0.1) is 12.7 Å². The van der Waals surface area contributed by atoms with Gasteiger partial charge in [-0.3, -0.25) is 4.79 Å². The molecule has 0 spiro atoms. The average molecular weight is 304 g/mol. The number of rotatable bonds is 2. The summed E-state index contributed by atoms with van der Waals surface area (Å²) in [5, 5.41) is 2.70. The highest BCUT2D eigenvalue weighted by Gasteiger charge is 2.20. The van der Waals surface area contributed by atoms with E-state index >= 15 is 0 Å². The maximum atomic E-state index is 13.5. The summed E-state index contributed by atoms with van der Waals surface area (Å²) < 4.78 is 13.5. The lowest BCUT2D eigenvalue weighted by Gasteiger charge is -2.20. The van der Waals surface area contributed by atoms with Crippen LogP contribution in [0.25, 0.3) is 0 Å². The SMILES string of the molecule is CNc1nc(N2CCc3nc(C)[nH]c(=O)c3CC2)ncc1F. The van der Waals surface area contributed by atoms with Gasteiger partial charge in [-0.05, 0) is 13.3 Å². The lowest BCUT2D eigenvalue weighted by atomic mass is 10.1. The van der Waals surface area contributed by atoms with Gasteiger partial charge in [-0.2, -0.15) is 4.98 Å². The van der Waals surface area contributed by atoms with E-state index in [1.54, 1.807) is 14.0 Å². The summed E-state index contributed by atoms with van der Waals surface area (Å²) in [6, 6.07) is 0. The van der Waals surface area contributed by atoms with E-state index in [0.29, 0.717) is 43.3 Å². The Balaban J connectivity index is 1.88. The molecule has 0 atom stereocenters. The number of aromatic amines is 1. The molecule has 1 aliphatic rings. The van der Waals surface area contributed by atoms with Crippen LogP contribution in [0.1, 0.15) is 17.1 Å². The van der Waals surface area contributed by atoms with Crippen LogP contribution in [-0.2, 0) is 12.8 Å². The lowest BCUT2D eigenvalue weighted by molar-refractivity contribution is 0.615. The van der Waals surface area contributed by atoms with E-state index in [4.69, 9.17) is 0 Å². The Kier molecular flexibility index (Phi) is 3.74. The third-order valence-electron chi connectivity index (χ3n) is 3.72. The molecule has 0 fully saturated rings. The molecule has 0 saturated heterocycles. The van der Waals surface area contributed by atoms with Crippen LogP contribution in [-0.4, -0.2) is 40.1 Å². The Morgan fingerprint density at radius 3 is 2.86 bits per heavy atom. The Bertz CT molecular complexity index is 759. The molecular formula is C14H17FN6O. The molecule has 1 aliphatic heterocycles. The zero-order valence-corrected chi connectivity index (χ0v) is 12.5. The molecule has 3 heterocycles. The van der Waals surface area contributed by atoms with Gasteiger partial charge in [0, 0.05) is 32.1 Å². The van der Waals surface area contributed by atoms with E-state index in [1.165, 1.54) is 0 Å². The Morgan fingerprint density at radius 2 is 2.09 bits per heavy atom. The number of anilines is 2. The molecule has 0 aromatic carbocycles. The van der Waals surface area contributed by atoms with Crippen molar-refractivity contribution in [2.24, 2.45) is 0 Å². The normalized spacial score (nSPS) is 14.4. The standard InChI is InChI=1S/C14H17FN6O/c1-8-18-11-4-6-21(5-3-9(11)13(22)19-8)14-17-7-10(15)12(16-2)20-14/h7H,3-6H2,1-2H3,(H,16,17,20)(H,18,19,22). The number of nitrogens with zero attached hydrogens (tertiary/aromatic N) is 4. The highest BCUT2D eigenvalue weighted by atomic mass is 19.1. The van der Waals surface area contributed by atoms with Gasteiger partial charge in [-0.15, -0.1) is 0 Å². The summed E-state index contributed by atoms with van der Waals surface area (Å²) in [5.74, 6) is 0.746. The monoisotopic (exact) mass is 304 g/mol. The second kappa shape index (κ2) is 5.70. The summed E-state index contributed by atoms with van der Waals surface area (Å²) in [5.41, 5.74) is 1.45. The van der Waals surface area contributed by atoms with E-state index in [1.807, 2.05) is 4.90 Å². The van der Waals surface area contributed by atoms with E-state index in [9.17, 15) is 9.18 Å². The highest BCUT2D eigenvalue weighted by molar-refractivity contribution is 5.43. The topological polar surface area (TPSA) is 86.8 Å². The van der Waals surface area contributed by atoms with Crippen LogP contribution < -0.4 is 15.8 Å². The van der Waals surface area contributed by atoms with Crippen LogP contribution in [0.5, 0.6) is 0 Å². The third kappa shape index (κ3) is 2.63. The maximum Gasteiger partial charge on any atom is 0.254 e. The molecular weight excluding hydrogens is 287 g/mol. The fraction of sp³-hybridized carbons (Fsp3) is 0.429. The molecule has 0 saturated carbocycles. The number of fused-ring (bicyclic) bond motifs is 1. The fourth-order valence-electron chi connectivity index (χ4n) is 2.62. The first-order valence-electron chi connectivity index (χ1n) is 7.12. The van der Waals surface area contributed by atoms with E-state index in [2.05, 4.69) is 25.3 Å². The van der Waals surface area contributed by atoms with Gasteiger partial charge >= 0.3 is 0 Å². The summed E-state index contributed by atoms with van der Waals surface area (Å²) in [7, 11) is 1.61. The van der Waals surface area contributed by atoms with Gasteiger partial charge in [-0.25, -0.2) is 14.4 Å². The third-order valence-corrected chi connectivity index (χ3v) is 3.72. The van der Waals surface area contributed by atoms with E-state index in [0.717, 1.165) is 11.9 Å². The van der Waals surface area contributed by atoms with Crippen molar-refractivity contribution in [3.8, 4) is 0 Å². The summed E-state index contributed by atoms with van der Waals surface area (Å²) in [6.07, 6.45) is 2.35. The second-order valence-electron chi connectivity index (χ2n) is 5.18. The van der Waals surface area contributed by atoms with Crippen LogP contribution in [0.15, 0.2) is 11.0 Å². The van der Waals surface area contributed by atoms with E-state index in [-0.39, 0.29) is 11.4 Å². The molecule has 0 amide bonds. The van der Waals surface area contributed by atoms with Crippen LogP contribution >= 0.6 is 0 Å². The molecule has 0 radical (unpaired) electrons. The van der Waals surface area contributed by atoms with Crippen molar-refractivity contribution in [2.75, 3.05) is 30.4 Å². The highest BCUT2D eigenvalue weighted by Crippen LogP contribution is 2.18. The first-order valence-corrected chi connectivity index (χ1v) is 7.12. The summed E-state index contributed by atoms with van der Waals surface area (Å²) >= 11 is 0. The minimum atomic E-state index is -0.488. The zero-order chi connectivity index (χ0) is 15.7. The van der Waals surface area contributed by atoms with Crippen molar-refractivity contribution < 1.29 is 4.39 Å². The smallest absolute Gasteiger partial charge is 0.254 e. The maximum absolute atomic E-state index is 13.5. The molecule has 2 N–H and O–H groups in total. The van der Waals surface area contributed by atoms with Gasteiger partial charge in [0.05, 0.1) is 11.9 Å². The number of aromatic nitrogens is 4. The number of hydrogen-bond acceptors (Lipinski definition) is 6. The van der Waals surface area contributed by atoms with E-state index < -0.39 is 5.82 Å². The van der Waals surface area contributed by atoms with Crippen molar-refractivity contribution >= 4 is 11.8 Å². The van der Waals surface area contributed by atoms with Gasteiger partial charge in [0.2, 0.25) is 5.95 Å². The predicted octanol–water partition coefficient (Wildman–Crippen LogP) is 0.654. The lowest BCUT2D eigenvalue weighted by Crippen LogP contribution is -2.28. The number of nitrogens with one attached hydrogen (secondary N) is 2. The minimum absolute atomic E-state index is 0.0831. The molecule has 2 aromatic rings. The predicted molar refractivity (Wildman–Crippen MR) is 80.8 cm³/mol. The van der Waals surface area contributed by atoms with Gasteiger partial charge in [0.1, 0.15) is 5.82 Å². The minimum Gasteiger partial charge on any atom is -0.371 e. The quantitative estimate of drug-likeness (QED) is 0.847. The van der Waals surface area contributed by atoms with Crippen LogP contribution in [0.3, 0.4) is 0 Å².